The Morgan fingerprint density at radius 1 is 0.972 bits per heavy atom. The van der Waals surface area contributed by atoms with Crippen LogP contribution in [-0.4, -0.2) is 38.9 Å². The Kier molecular flexibility index (Phi) is 7.22. The zero-order valence-electron chi connectivity index (χ0n) is 21.8. The van der Waals surface area contributed by atoms with Gasteiger partial charge in [0.1, 0.15) is 0 Å². The molecule has 188 valence electrons. The first kappa shape index (κ1) is 25.5. The van der Waals surface area contributed by atoms with Crippen molar-refractivity contribution >= 4 is 17.0 Å². The lowest BCUT2D eigenvalue weighted by atomic mass is 9.80. The Morgan fingerprint density at radius 2 is 1.69 bits per heavy atom. The van der Waals surface area contributed by atoms with Gasteiger partial charge in [-0.25, -0.2) is 4.98 Å². The lowest BCUT2D eigenvalue weighted by Gasteiger charge is -2.34. The summed E-state index contributed by atoms with van der Waals surface area (Å²) in [5, 5.41) is 4.66. The van der Waals surface area contributed by atoms with E-state index in [4.69, 9.17) is 15.5 Å². The number of carbonyl (C=O) groups is 1. The third kappa shape index (κ3) is 5.79. The van der Waals surface area contributed by atoms with Crippen molar-refractivity contribution in [3.05, 3.63) is 66.6 Å². The van der Waals surface area contributed by atoms with Crippen LogP contribution in [0, 0.1) is 5.41 Å². The minimum absolute atomic E-state index is 0.0348. The molecular formula is C29H35N5O2. The number of nitrogens with zero attached hydrogens (tertiary/aromatic N) is 4. The van der Waals surface area contributed by atoms with Gasteiger partial charge in [0.05, 0.1) is 47.7 Å². The van der Waals surface area contributed by atoms with Gasteiger partial charge in [-0.1, -0.05) is 44.2 Å². The van der Waals surface area contributed by atoms with Crippen LogP contribution in [-0.2, 0) is 21.5 Å². The lowest BCUT2D eigenvalue weighted by Crippen LogP contribution is -2.36. The average Bonchev–Trinajstić information content (AvgIpc) is 3.35. The van der Waals surface area contributed by atoms with Crippen LogP contribution in [0.15, 0.2) is 61.1 Å². The normalized spacial score (nSPS) is 12.2. The SMILES string of the molecule is CCOC(=O)Cc1ccc(-c2cnc3cc(-c4cnn(C(C)(C)CC(C)(C)CN)c4)ccc3n2)cc1. The van der Waals surface area contributed by atoms with Gasteiger partial charge in [-0.2, -0.15) is 5.10 Å². The standard InChI is InChI=1S/C29H35N5O2/c1-6-36-27(35)13-20-7-9-21(10-8-20)26-16-31-25-14-22(11-12-24(25)33-26)23-15-32-34(17-23)29(4,5)18-28(2,3)19-30/h7-12,14-17H,6,13,18-19,30H2,1-5H3. The predicted octanol–water partition coefficient (Wildman–Crippen LogP) is 5.38. The number of nitrogens with two attached hydrogens (primary N) is 1. The van der Waals surface area contributed by atoms with Crippen molar-refractivity contribution in [1.82, 2.24) is 19.7 Å². The van der Waals surface area contributed by atoms with Crippen molar-refractivity contribution < 1.29 is 9.53 Å². The third-order valence-corrected chi connectivity index (χ3v) is 6.45. The van der Waals surface area contributed by atoms with E-state index in [1.807, 2.05) is 47.3 Å². The van der Waals surface area contributed by atoms with E-state index in [-0.39, 0.29) is 23.3 Å². The summed E-state index contributed by atoms with van der Waals surface area (Å²) in [6, 6.07) is 13.9. The summed E-state index contributed by atoms with van der Waals surface area (Å²) < 4.78 is 7.05. The number of hydrogen-bond acceptors (Lipinski definition) is 6. The van der Waals surface area contributed by atoms with Crippen LogP contribution < -0.4 is 5.73 Å². The summed E-state index contributed by atoms with van der Waals surface area (Å²) in [6.45, 7) is 11.6. The monoisotopic (exact) mass is 485 g/mol. The molecule has 0 saturated heterocycles. The molecule has 2 heterocycles. The van der Waals surface area contributed by atoms with E-state index in [1.165, 1.54) is 0 Å². The highest BCUT2D eigenvalue weighted by atomic mass is 16.5. The van der Waals surface area contributed by atoms with Gasteiger partial charge >= 0.3 is 5.97 Å². The molecule has 0 unspecified atom stereocenters. The maximum atomic E-state index is 11.7. The fourth-order valence-corrected chi connectivity index (χ4v) is 4.63. The van der Waals surface area contributed by atoms with Crippen LogP contribution in [0.3, 0.4) is 0 Å². The van der Waals surface area contributed by atoms with Crippen molar-refractivity contribution in [2.75, 3.05) is 13.2 Å². The molecule has 0 aliphatic heterocycles. The number of esters is 1. The molecule has 0 atom stereocenters. The fraction of sp³-hybridized carbons (Fsp3) is 0.379. The molecule has 2 N–H and O–H groups in total. The smallest absolute Gasteiger partial charge is 0.310 e. The highest BCUT2D eigenvalue weighted by Gasteiger charge is 2.30. The Bertz CT molecular complexity index is 1360. The largest absolute Gasteiger partial charge is 0.466 e. The summed E-state index contributed by atoms with van der Waals surface area (Å²) in [5.74, 6) is -0.222. The molecule has 2 aromatic heterocycles. The maximum Gasteiger partial charge on any atom is 0.310 e. The second kappa shape index (κ2) is 10.2. The Balaban J connectivity index is 1.53. The summed E-state index contributed by atoms with van der Waals surface area (Å²) in [4.78, 5) is 21.2. The first-order valence-corrected chi connectivity index (χ1v) is 12.4. The van der Waals surface area contributed by atoms with Gasteiger partial charge in [0.15, 0.2) is 0 Å². The number of fused-ring (bicyclic) bond motifs is 1. The summed E-state index contributed by atoms with van der Waals surface area (Å²) in [5.41, 5.74) is 12.2. The maximum absolute atomic E-state index is 11.7. The second-order valence-corrected chi connectivity index (χ2v) is 10.7. The van der Waals surface area contributed by atoms with E-state index in [9.17, 15) is 4.79 Å². The number of hydrogen-bond donors (Lipinski definition) is 1. The first-order chi connectivity index (χ1) is 17.1. The van der Waals surface area contributed by atoms with Gasteiger partial charge in [-0.05, 0) is 62.4 Å². The summed E-state index contributed by atoms with van der Waals surface area (Å²) >= 11 is 0. The average molecular weight is 486 g/mol. The van der Waals surface area contributed by atoms with Gasteiger partial charge < -0.3 is 10.5 Å². The number of ether oxygens (including phenoxy) is 1. The molecule has 7 nitrogen and oxygen atoms in total. The molecule has 0 aliphatic carbocycles. The van der Waals surface area contributed by atoms with Crippen molar-refractivity contribution in [3.8, 4) is 22.4 Å². The quantitative estimate of drug-likeness (QED) is 0.320. The molecule has 4 rings (SSSR count). The van der Waals surface area contributed by atoms with Gasteiger partial charge in [0.25, 0.3) is 0 Å². The molecule has 0 amide bonds. The van der Waals surface area contributed by atoms with Gasteiger partial charge in [0.2, 0.25) is 0 Å². The van der Waals surface area contributed by atoms with Crippen molar-refractivity contribution in [2.45, 2.75) is 53.0 Å². The van der Waals surface area contributed by atoms with Crippen LogP contribution in [0.25, 0.3) is 33.4 Å². The van der Waals surface area contributed by atoms with Gasteiger partial charge in [-0.3, -0.25) is 14.5 Å². The van der Waals surface area contributed by atoms with Gasteiger partial charge in [-0.15, -0.1) is 0 Å². The van der Waals surface area contributed by atoms with E-state index < -0.39 is 0 Å². The zero-order valence-corrected chi connectivity index (χ0v) is 21.8. The first-order valence-electron chi connectivity index (χ1n) is 12.4. The fourth-order valence-electron chi connectivity index (χ4n) is 4.63. The van der Waals surface area contributed by atoms with E-state index in [0.29, 0.717) is 13.2 Å². The number of aromatic nitrogens is 4. The predicted molar refractivity (Wildman–Crippen MR) is 143 cm³/mol. The van der Waals surface area contributed by atoms with E-state index in [0.717, 1.165) is 45.4 Å². The van der Waals surface area contributed by atoms with Crippen LogP contribution in [0.4, 0.5) is 0 Å². The molecule has 0 fully saturated rings. The summed E-state index contributed by atoms with van der Waals surface area (Å²) in [7, 11) is 0. The van der Waals surface area contributed by atoms with Crippen LogP contribution in [0.5, 0.6) is 0 Å². The molecule has 0 bridgehead atoms. The molecule has 0 spiro atoms. The lowest BCUT2D eigenvalue weighted by molar-refractivity contribution is -0.142. The highest BCUT2D eigenvalue weighted by Crippen LogP contribution is 2.33. The highest BCUT2D eigenvalue weighted by molar-refractivity contribution is 5.82. The molecule has 0 aliphatic rings. The molecule has 2 aromatic carbocycles. The number of rotatable bonds is 9. The van der Waals surface area contributed by atoms with Crippen LogP contribution >= 0.6 is 0 Å². The minimum atomic E-state index is -0.222. The summed E-state index contributed by atoms with van der Waals surface area (Å²) in [6.07, 6.45) is 6.96. The molecular weight excluding hydrogens is 450 g/mol. The number of carbonyl (C=O) groups excluding carboxylic acids is 1. The van der Waals surface area contributed by atoms with E-state index in [2.05, 4.69) is 50.0 Å². The third-order valence-electron chi connectivity index (χ3n) is 6.45. The van der Waals surface area contributed by atoms with E-state index in [1.54, 1.807) is 13.1 Å². The Hall–Kier alpha value is -3.58. The molecule has 0 radical (unpaired) electrons. The molecule has 7 heteroatoms. The second-order valence-electron chi connectivity index (χ2n) is 10.7. The Labute approximate surface area is 212 Å². The minimum Gasteiger partial charge on any atom is -0.466 e. The van der Waals surface area contributed by atoms with Crippen molar-refractivity contribution in [2.24, 2.45) is 11.1 Å². The van der Waals surface area contributed by atoms with Gasteiger partial charge in [0, 0.05) is 17.3 Å². The van der Waals surface area contributed by atoms with Crippen LogP contribution in [0.1, 0.15) is 46.6 Å². The van der Waals surface area contributed by atoms with E-state index >= 15 is 0 Å². The number of benzene rings is 2. The molecule has 36 heavy (non-hydrogen) atoms. The molecule has 0 saturated carbocycles. The zero-order chi connectivity index (χ0) is 25.9. The van der Waals surface area contributed by atoms with Crippen molar-refractivity contribution in [1.29, 1.82) is 0 Å². The topological polar surface area (TPSA) is 95.9 Å². The van der Waals surface area contributed by atoms with Crippen molar-refractivity contribution in [3.63, 3.8) is 0 Å². The molecule has 4 aromatic rings. The Morgan fingerprint density at radius 3 is 2.39 bits per heavy atom. The van der Waals surface area contributed by atoms with Crippen LogP contribution in [0.2, 0.25) is 0 Å².